The number of amides is 1. The SMILES string of the molecule is C=CC(=O)N1CCC(c2ccc3c(c2)OCc2c(N4CCOCC4)ccnc2N3)C1. The highest BCUT2D eigenvalue weighted by Gasteiger charge is 2.28. The Bertz CT molecular complexity index is 971. The van der Waals surface area contributed by atoms with Gasteiger partial charge in [-0.3, -0.25) is 4.79 Å². The van der Waals surface area contributed by atoms with Crippen LogP contribution in [0.1, 0.15) is 23.5 Å². The van der Waals surface area contributed by atoms with E-state index in [9.17, 15) is 4.79 Å². The Morgan fingerprint density at radius 3 is 2.93 bits per heavy atom. The molecule has 1 aromatic heterocycles. The minimum absolute atomic E-state index is 0.00217. The monoisotopic (exact) mass is 406 g/mol. The molecule has 2 saturated heterocycles. The highest BCUT2D eigenvalue weighted by Crippen LogP contribution is 2.39. The van der Waals surface area contributed by atoms with Crippen molar-refractivity contribution in [3.8, 4) is 5.75 Å². The minimum atomic E-state index is 0.00217. The van der Waals surface area contributed by atoms with Crippen molar-refractivity contribution in [2.75, 3.05) is 49.6 Å². The van der Waals surface area contributed by atoms with Crippen molar-refractivity contribution >= 4 is 23.1 Å². The first-order valence-electron chi connectivity index (χ1n) is 10.5. The summed E-state index contributed by atoms with van der Waals surface area (Å²) in [6.45, 7) is 8.77. The molecule has 3 aliphatic rings. The molecule has 30 heavy (non-hydrogen) atoms. The van der Waals surface area contributed by atoms with E-state index in [1.165, 1.54) is 11.6 Å². The Morgan fingerprint density at radius 1 is 1.23 bits per heavy atom. The number of carbonyl (C=O) groups is 1. The number of aromatic nitrogens is 1. The van der Waals surface area contributed by atoms with Crippen LogP contribution in [0, 0.1) is 0 Å². The van der Waals surface area contributed by atoms with Gasteiger partial charge in [0, 0.05) is 44.0 Å². The quantitative estimate of drug-likeness (QED) is 0.791. The van der Waals surface area contributed by atoms with Gasteiger partial charge in [-0.2, -0.15) is 0 Å². The van der Waals surface area contributed by atoms with Gasteiger partial charge in [-0.1, -0.05) is 12.6 Å². The summed E-state index contributed by atoms with van der Waals surface area (Å²) >= 11 is 0. The van der Waals surface area contributed by atoms with Crippen LogP contribution >= 0.6 is 0 Å². The van der Waals surface area contributed by atoms with Crippen LogP contribution in [0.25, 0.3) is 0 Å². The lowest BCUT2D eigenvalue weighted by atomic mass is 9.98. The summed E-state index contributed by atoms with van der Waals surface area (Å²) in [4.78, 5) is 20.7. The van der Waals surface area contributed by atoms with Gasteiger partial charge in [-0.05, 0) is 36.3 Å². The van der Waals surface area contributed by atoms with Crippen LogP contribution in [0.2, 0.25) is 0 Å². The number of nitrogens with one attached hydrogen (secondary N) is 1. The summed E-state index contributed by atoms with van der Waals surface area (Å²) in [7, 11) is 0. The number of nitrogens with zero attached hydrogens (tertiary/aromatic N) is 3. The number of anilines is 3. The van der Waals surface area contributed by atoms with E-state index >= 15 is 0 Å². The number of morpholine rings is 1. The van der Waals surface area contributed by atoms with Crippen LogP contribution in [0.5, 0.6) is 5.75 Å². The molecule has 0 saturated carbocycles. The third-order valence-electron chi connectivity index (χ3n) is 6.16. The summed E-state index contributed by atoms with van der Waals surface area (Å²) in [6, 6.07) is 8.34. The first-order valence-corrected chi connectivity index (χ1v) is 10.5. The third-order valence-corrected chi connectivity index (χ3v) is 6.16. The van der Waals surface area contributed by atoms with Crippen molar-refractivity contribution in [3.63, 3.8) is 0 Å². The first kappa shape index (κ1) is 18.9. The topological polar surface area (TPSA) is 66.9 Å². The molecular weight excluding hydrogens is 380 g/mol. The lowest BCUT2D eigenvalue weighted by Gasteiger charge is -2.30. The molecule has 0 bridgehead atoms. The van der Waals surface area contributed by atoms with Crippen LogP contribution in [0.4, 0.5) is 17.2 Å². The lowest BCUT2D eigenvalue weighted by Crippen LogP contribution is -2.37. The third kappa shape index (κ3) is 3.50. The first-order chi connectivity index (χ1) is 14.7. The van der Waals surface area contributed by atoms with Gasteiger partial charge in [0.15, 0.2) is 0 Å². The Kier molecular flexibility index (Phi) is 5.04. The number of benzene rings is 1. The van der Waals surface area contributed by atoms with Crippen LogP contribution in [-0.2, 0) is 16.1 Å². The van der Waals surface area contributed by atoms with E-state index in [1.807, 2.05) is 11.1 Å². The fraction of sp³-hybridized carbons (Fsp3) is 0.391. The average Bonchev–Trinajstić information content (AvgIpc) is 3.21. The van der Waals surface area contributed by atoms with E-state index in [0.29, 0.717) is 12.5 Å². The van der Waals surface area contributed by atoms with Gasteiger partial charge < -0.3 is 24.6 Å². The van der Waals surface area contributed by atoms with Gasteiger partial charge in [0.2, 0.25) is 5.91 Å². The van der Waals surface area contributed by atoms with Gasteiger partial charge in [-0.15, -0.1) is 0 Å². The van der Waals surface area contributed by atoms with Crippen molar-refractivity contribution in [2.45, 2.75) is 18.9 Å². The lowest BCUT2D eigenvalue weighted by molar-refractivity contribution is -0.125. The van der Waals surface area contributed by atoms with E-state index < -0.39 is 0 Å². The van der Waals surface area contributed by atoms with Crippen LogP contribution in [0.15, 0.2) is 43.1 Å². The van der Waals surface area contributed by atoms with Gasteiger partial charge in [-0.25, -0.2) is 4.98 Å². The van der Waals surface area contributed by atoms with Crippen molar-refractivity contribution < 1.29 is 14.3 Å². The maximum Gasteiger partial charge on any atom is 0.245 e. The number of hydrogen-bond donors (Lipinski definition) is 1. The number of pyridine rings is 1. The number of ether oxygens (including phenoxy) is 2. The zero-order valence-electron chi connectivity index (χ0n) is 17.0. The normalized spacial score (nSPS) is 20.5. The number of carbonyl (C=O) groups excluding carboxylic acids is 1. The molecule has 1 amide bonds. The summed E-state index contributed by atoms with van der Waals surface area (Å²) in [5.41, 5.74) is 4.34. The van der Waals surface area contributed by atoms with Crippen LogP contribution < -0.4 is 15.0 Å². The van der Waals surface area contributed by atoms with Crippen molar-refractivity contribution in [1.29, 1.82) is 0 Å². The Hall–Kier alpha value is -3.06. The van der Waals surface area contributed by atoms with Crippen molar-refractivity contribution in [1.82, 2.24) is 9.88 Å². The highest BCUT2D eigenvalue weighted by atomic mass is 16.5. The van der Waals surface area contributed by atoms with E-state index in [-0.39, 0.29) is 5.91 Å². The van der Waals surface area contributed by atoms with Gasteiger partial charge in [0.25, 0.3) is 0 Å². The number of rotatable bonds is 3. The van der Waals surface area contributed by atoms with Crippen LogP contribution in [-0.4, -0.2) is 55.2 Å². The molecule has 7 nitrogen and oxygen atoms in total. The Balaban J connectivity index is 1.38. The van der Waals surface area contributed by atoms with E-state index in [4.69, 9.17) is 9.47 Å². The molecular formula is C23H26N4O3. The van der Waals surface area contributed by atoms with Crippen molar-refractivity contribution in [2.24, 2.45) is 0 Å². The summed E-state index contributed by atoms with van der Waals surface area (Å²) < 4.78 is 11.7. The molecule has 0 radical (unpaired) electrons. The molecule has 1 aromatic carbocycles. The standard InChI is InChI=1S/C23H26N4O3/c1-2-22(28)27-8-6-17(14-27)16-3-4-19-21(13-16)30-15-18-20(5-7-24-23(18)25-19)26-9-11-29-12-10-26/h2-5,7,13,17H,1,6,8-12,14-15H2,(H,24,25). The second-order valence-corrected chi connectivity index (χ2v) is 7.90. The molecule has 156 valence electrons. The summed E-state index contributed by atoms with van der Waals surface area (Å²) in [5.74, 6) is 1.99. The smallest absolute Gasteiger partial charge is 0.245 e. The molecule has 4 heterocycles. The molecule has 0 spiro atoms. The summed E-state index contributed by atoms with van der Waals surface area (Å²) in [6.07, 6.45) is 4.19. The molecule has 5 rings (SSSR count). The van der Waals surface area contributed by atoms with Gasteiger partial charge >= 0.3 is 0 Å². The predicted molar refractivity (Wildman–Crippen MR) is 115 cm³/mol. The number of hydrogen-bond acceptors (Lipinski definition) is 6. The molecule has 2 fully saturated rings. The summed E-state index contributed by atoms with van der Waals surface area (Å²) in [5, 5.41) is 3.46. The largest absolute Gasteiger partial charge is 0.486 e. The molecule has 3 aliphatic heterocycles. The Morgan fingerprint density at radius 2 is 2.10 bits per heavy atom. The molecule has 0 aliphatic carbocycles. The molecule has 2 aromatic rings. The second-order valence-electron chi connectivity index (χ2n) is 7.90. The second kappa shape index (κ2) is 7.99. The van der Waals surface area contributed by atoms with Gasteiger partial charge in [0.05, 0.1) is 24.5 Å². The molecule has 1 unspecified atom stereocenters. The van der Waals surface area contributed by atoms with Crippen molar-refractivity contribution in [3.05, 3.63) is 54.2 Å². The zero-order valence-corrected chi connectivity index (χ0v) is 17.0. The highest BCUT2D eigenvalue weighted by molar-refractivity contribution is 5.87. The number of likely N-dealkylation sites (tertiary alicyclic amines) is 1. The van der Waals surface area contributed by atoms with Crippen LogP contribution in [0.3, 0.4) is 0 Å². The maximum atomic E-state index is 11.9. The fourth-order valence-corrected chi connectivity index (χ4v) is 4.49. The molecule has 7 heteroatoms. The molecule has 1 N–H and O–H groups in total. The fourth-order valence-electron chi connectivity index (χ4n) is 4.49. The predicted octanol–water partition coefficient (Wildman–Crippen LogP) is 3.06. The molecule has 1 atom stereocenters. The number of fused-ring (bicyclic) bond motifs is 2. The van der Waals surface area contributed by atoms with E-state index in [2.05, 4.69) is 46.0 Å². The average molecular weight is 406 g/mol. The zero-order chi connectivity index (χ0) is 20.5. The van der Waals surface area contributed by atoms with E-state index in [0.717, 1.165) is 74.3 Å². The van der Waals surface area contributed by atoms with E-state index in [1.54, 1.807) is 0 Å². The maximum absolute atomic E-state index is 11.9. The Labute approximate surface area is 176 Å². The minimum Gasteiger partial charge on any atom is -0.486 e. The van der Waals surface area contributed by atoms with Gasteiger partial charge in [0.1, 0.15) is 18.2 Å².